The van der Waals surface area contributed by atoms with Crippen LogP contribution in [0.15, 0.2) is 24.3 Å². The molecule has 0 bridgehead atoms. The van der Waals surface area contributed by atoms with Gasteiger partial charge in [-0.1, -0.05) is 37.6 Å². The quantitative estimate of drug-likeness (QED) is 0.848. The van der Waals surface area contributed by atoms with E-state index in [1.807, 2.05) is 0 Å². The number of likely N-dealkylation sites (tertiary alicyclic amines) is 1. The number of hydrogen-bond donors (Lipinski definition) is 0. The van der Waals surface area contributed by atoms with Gasteiger partial charge in [0.1, 0.15) is 5.60 Å². The molecule has 3 rings (SSSR count). The second kappa shape index (κ2) is 6.47. The molecular formula is C18H27NO2. The standard InChI is InChI=1S/C18H27NO2/c1-3-4-11-19-12-7-10-18(14-19)16-9-6-5-8-15(16)13-17(20-2)21-18/h5-6,8-9,17H,3-4,7,10-14H2,1-2H3/t17-,18+/m1/s1. The van der Waals surface area contributed by atoms with Gasteiger partial charge in [-0.3, -0.25) is 0 Å². The van der Waals surface area contributed by atoms with Gasteiger partial charge in [-0.2, -0.15) is 0 Å². The van der Waals surface area contributed by atoms with Gasteiger partial charge in [0.05, 0.1) is 0 Å². The number of hydrogen-bond acceptors (Lipinski definition) is 3. The second-order valence-corrected chi connectivity index (χ2v) is 6.37. The lowest BCUT2D eigenvalue weighted by molar-refractivity contribution is -0.228. The first-order valence-corrected chi connectivity index (χ1v) is 8.29. The molecule has 1 fully saturated rings. The number of piperidine rings is 1. The van der Waals surface area contributed by atoms with Crippen molar-refractivity contribution in [1.82, 2.24) is 4.90 Å². The summed E-state index contributed by atoms with van der Waals surface area (Å²) in [5, 5.41) is 0. The molecule has 2 aliphatic rings. The average molecular weight is 289 g/mol. The molecule has 0 unspecified atom stereocenters. The molecule has 0 N–H and O–H groups in total. The van der Waals surface area contributed by atoms with E-state index in [0.29, 0.717) is 0 Å². The van der Waals surface area contributed by atoms with Gasteiger partial charge >= 0.3 is 0 Å². The lowest BCUT2D eigenvalue weighted by Crippen LogP contribution is -2.52. The number of rotatable bonds is 4. The monoisotopic (exact) mass is 289 g/mol. The van der Waals surface area contributed by atoms with E-state index in [1.54, 1.807) is 7.11 Å². The third-order valence-electron chi connectivity index (χ3n) is 4.88. The van der Waals surface area contributed by atoms with Crippen LogP contribution >= 0.6 is 0 Å². The topological polar surface area (TPSA) is 21.7 Å². The summed E-state index contributed by atoms with van der Waals surface area (Å²) < 4.78 is 12.0. The summed E-state index contributed by atoms with van der Waals surface area (Å²) in [6, 6.07) is 8.76. The van der Waals surface area contributed by atoms with Crippen molar-refractivity contribution in [3.05, 3.63) is 35.4 Å². The fourth-order valence-electron chi connectivity index (χ4n) is 3.81. The molecule has 3 heteroatoms. The van der Waals surface area contributed by atoms with E-state index in [0.717, 1.165) is 19.4 Å². The third-order valence-corrected chi connectivity index (χ3v) is 4.88. The van der Waals surface area contributed by atoms with Crippen molar-refractivity contribution in [2.75, 3.05) is 26.7 Å². The molecule has 21 heavy (non-hydrogen) atoms. The lowest BCUT2D eigenvalue weighted by atomic mass is 9.80. The molecule has 1 aromatic carbocycles. The normalized spacial score (nSPS) is 29.5. The maximum Gasteiger partial charge on any atom is 0.162 e. The first-order valence-electron chi connectivity index (χ1n) is 8.29. The zero-order valence-electron chi connectivity index (χ0n) is 13.3. The Hall–Kier alpha value is -0.900. The predicted molar refractivity (Wildman–Crippen MR) is 84.3 cm³/mol. The Bertz CT molecular complexity index is 476. The minimum absolute atomic E-state index is 0.106. The van der Waals surface area contributed by atoms with E-state index in [9.17, 15) is 0 Å². The SMILES string of the molecule is CCCCN1CCC[C@@]2(C1)O[C@@H](OC)Cc1ccccc12. The Morgan fingerprint density at radius 3 is 3.05 bits per heavy atom. The number of benzene rings is 1. The zero-order valence-corrected chi connectivity index (χ0v) is 13.3. The Morgan fingerprint density at radius 1 is 1.38 bits per heavy atom. The number of methoxy groups -OCH3 is 1. The van der Waals surface area contributed by atoms with Gasteiger partial charge in [-0.05, 0) is 43.5 Å². The molecule has 0 saturated carbocycles. The van der Waals surface area contributed by atoms with E-state index < -0.39 is 0 Å². The van der Waals surface area contributed by atoms with Gasteiger partial charge in [0.25, 0.3) is 0 Å². The van der Waals surface area contributed by atoms with Crippen molar-refractivity contribution < 1.29 is 9.47 Å². The number of fused-ring (bicyclic) bond motifs is 2. The summed E-state index contributed by atoms with van der Waals surface area (Å²) in [5.41, 5.74) is 2.62. The molecule has 0 amide bonds. The first-order chi connectivity index (χ1) is 10.3. The first kappa shape index (κ1) is 15.0. The van der Waals surface area contributed by atoms with Crippen LogP contribution in [0.1, 0.15) is 43.7 Å². The van der Waals surface area contributed by atoms with Crippen LogP contribution in [0.25, 0.3) is 0 Å². The predicted octanol–water partition coefficient (Wildman–Crippen LogP) is 3.32. The van der Waals surface area contributed by atoms with E-state index in [2.05, 4.69) is 36.1 Å². The molecule has 2 heterocycles. The molecule has 2 aliphatic heterocycles. The maximum absolute atomic E-state index is 6.44. The van der Waals surface area contributed by atoms with E-state index >= 15 is 0 Å². The molecule has 0 aliphatic carbocycles. The molecule has 0 radical (unpaired) electrons. The van der Waals surface area contributed by atoms with Crippen LogP contribution in [0.4, 0.5) is 0 Å². The highest BCUT2D eigenvalue weighted by molar-refractivity contribution is 5.35. The largest absolute Gasteiger partial charge is 0.355 e. The highest BCUT2D eigenvalue weighted by Gasteiger charge is 2.44. The lowest BCUT2D eigenvalue weighted by Gasteiger charge is -2.47. The summed E-state index contributed by atoms with van der Waals surface area (Å²) in [6.45, 7) is 5.64. The van der Waals surface area contributed by atoms with Crippen LogP contribution in [0, 0.1) is 0 Å². The Morgan fingerprint density at radius 2 is 2.24 bits per heavy atom. The summed E-state index contributed by atoms with van der Waals surface area (Å²) in [4.78, 5) is 2.57. The summed E-state index contributed by atoms with van der Waals surface area (Å²) >= 11 is 0. The van der Waals surface area contributed by atoms with Crippen molar-refractivity contribution in [3.8, 4) is 0 Å². The van der Waals surface area contributed by atoms with Crippen molar-refractivity contribution in [2.45, 2.75) is 50.9 Å². The molecule has 1 saturated heterocycles. The summed E-state index contributed by atoms with van der Waals surface area (Å²) in [6.07, 6.45) is 5.59. The number of ether oxygens (including phenoxy) is 2. The van der Waals surface area contributed by atoms with Gasteiger partial charge in [0.15, 0.2) is 6.29 Å². The summed E-state index contributed by atoms with van der Waals surface area (Å²) in [5.74, 6) is 0. The smallest absolute Gasteiger partial charge is 0.162 e. The average Bonchev–Trinajstić information content (AvgIpc) is 2.53. The highest BCUT2D eigenvalue weighted by atomic mass is 16.7. The van der Waals surface area contributed by atoms with Crippen molar-refractivity contribution >= 4 is 0 Å². The molecule has 1 aromatic rings. The van der Waals surface area contributed by atoms with Crippen LogP contribution in [0.5, 0.6) is 0 Å². The minimum Gasteiger partial charge on any atom is -0.355 e. The van der Waals surface area contributed by atoms with E-state index in [-0.39, 0.29) is 11.9 Å². The maximum atomic E-state index is 6.44. The third kappa shape index (κ3) is 3.01. The number of unbranched alkanes of at least 4 members (excludes halogenated alkanes) is 1. The summed E-state index contributed by atoms with van der Waals surface area (Å²) in [7, 11) is 1.75. The minimum atomic E-state index is -0.165. The molecule has 1 spiro atoms. The van der Waals surface area contributed by atoms with Gasteiger partial charge < -0.3 is 14.4 Å². The highest BCUT2D eigenvalue weighted by Crippen LogP contribution is 2.42. The van der Waals surface area contributed by atoms with Crippen molar-refractivity contribution in [1.29, 1.82) is 0 Å². The molecular weight excluding hydrogens is 262 g/mol. The van der Waals surface area contributed by atoms with Crippen LogP contribution < -0.4 is 0 Å². The van der Waals surface area contributed by atoms with Crippen LogP contribution in [-0.4, -0.2) is 37.9 Å². The fourth-order valence-corrected chi connectivity index (χ4v) is 3.81. The molecule has 2 atom stereocenters. The Kier molecular flexibility index (Phi) is 4.63. The van der Waals surface area contributed by atoms with E-state index in [1.165, 1.54) is 43.5 Å². The Labute approximate surface area is 128 Å². The van der Waals surface area contributed by atoms with Crippen LogP contribution in [-0.2, 0) is 21.5 Å². The van der Waals surface area contributed by atoms with Crippen LogP contribution in [0.2, 0.25) is 0 Å². The van der Waals surface area contributed by atoms with Gasteiger partial charge in [-0.25, -0.2) is 0 Å². The number of nitrogens with zero attached hydrogens (tertiary/aromatic N) is 1. The molecule has 116 valence electrons. The Balaban J connectivity index is 1.87. The second-order valence-electron chi connectivity index (χ2n) is 6.37. The van der Waals surface area contributed by atoms with Gasteiger partial charge in [-0.15, -0.1) is 0 Å². The molecule has 3 nitrogen and oxygen atoms in total. The van der Waals surface area contributed by atoms with E-state index in [4.69, 9.17) is 9.47 Å². The fraction of sp³-hybridized carbons (Fsp3) is 0.667. The van der Waals surface area contributed by atoms with Crippen LogP contribution in [0.3, 0.4) is 0 Å². The van der Waals surface area contributed by atoms with Gasteiger partial charge in [0, 0.05) is 20.1 Å². The van der Waals surface area contributed by atoms with Crippen molar-refractivity contribution in [2.24, 2.45) is 0 Å². The van der Waals surface area contributed by atoms with Gasteiger partial charge in [0.2, 0.25) is 0 Å². The van der Waals surface area contributed by atoms with Crippen molar-refractivity contribution in [3.63, 3.8) is 0 Å². The molecule has 0 aromatic heterocycles. The zero-order chi connectivity index (χ0) is 14.7.